The zero-order valence-corrected chi connectivity index (χ0v) is 6.95. The van der Waals surface area contributed by atoms with Crippen LogP contribution in [-0.2, 0) is 0 Å². The molecule has 1 aromatic carbocycles. The van der Waals surface area contributed by atoms with Crippen LogP contribution in [0.5, 0.6) is 0 Å². The second-order valence-electron chi connectivity index (χ2n) is 2.44. The molecule has 0 radical (unpaired) electrons. The van der Waals surface area contributed by atoms with E-state index in [2.05, 4.69) is 0 Å². The Balaban J connectivity index is 2.94. The summed E-state index contributed by atoms with van der Waals surface area (Å²) in [7, 11) is 0. The van der Waals surface area contributed by atoms with Gasteiger partial charge >= 0.3 is 0 Å². The van der Waals surface area contributed by atoms with Crippen LogP contribution in [0.3, 0.4) is 0 Å². The Morgan fingerprint density at radius 2 is 1.92 bits per heavy atom. The van der Waals surface area contributed by atoms with Gasteiger partial charge in [0.1, 0.15) is 0 Å². The molecule has 0 aliphatic carbocycles. The number of rotatable bonds is 2. The van der Waals surface area contributed by atoms with Gasteiger partial charge in [0.05, 0.1) is 5.70 Å². The van der Waals surface area contributed by atoms with Gasteiger partial charge in [0.2, 0.25) is 5.78 Å². The van der Waals surface area contributed by atoms with E-state index in [4.69, 9.17) is 5.73 Å². The monoisotopic (exact) mass is 161 g/mol. The lowest BCUT2D eigenvalue weighted by atomic mass is 10.1. The fourth-order valence-corrected chi connectivity index (χ4v) is 0.887. The number of ketones is 1. The smallest absolute Gasteiger partial charge is 0.208 e. The van der Waals surface area contributed by atoms with E-state index in [9.17, 15) is 4.79 Å². The van der Waals surface area contributed by atoms with Crippen LogP contribution in [0, 0.1) is 0 Å². The van der Waals surface area contributed by atoms with Crippen LogP contribution in [0.4, 0.5) is 0 Å². The lowest BCUT2D eigenvalue weighted by Gasteiger charge is -1.98. The van der Waals surface area contributed by atoms with Crippen molar-refractivity contribution in [3.8, 4) is 0 Å². The van der Waals surface area contributed by atoms with Crippen LogP contribution in [0.25, 0.3) is 0 Å². The zero-order valence-electron chi connectivity index (χ0n) is 6.95. The van der Waals surface area contributed by atoms with E-state index in [0.717, 1.165) is 0 Å². The Morgan fingerprint density at radius 1 is 1.33 bits per heavy atom. The van der Waals surface area contributed by atoms with E-state index in [1.54, 1.807) is 25.1 Å². The van der Waals surface area contributed by atoms with E-state index in [1.165, 1.54) is 0 Å². The van der Waals surface area contributed by atoms with Gasteiger partial charge in [0.15, 0.2) is 0 Å². The molecular weight excluding hydrogens is 150 g/mol. The Kier molecular flexibility index (Phi) is 2.64. The van der Waals surface area contributed by atoms with Crippen LogP contribution in [0.15, 0.2) is 42.1 Å². The Hall–Kier alpha value is -1.57. The molecule has 0 spiro atoms. The SMILES string of the molecule is C/C=C(/N)C(=O)c1ccccc1. The van der Waals surface area contributed by atoms with Crippen molar-refractivity contribution in [2.24, 2.45) is 5.73 Å². The lowest BCUT2D eigenvalue weighted by molar-refractivity contribution is 0.103. The molecule has 62 valence electrons. The first-order chi connectivity index (χ1) is 5.75. The van der Waals surface area contributed by atoms with E-state index >= 15 is 0 Å². The summed E-state index contributed by atoms with van der Waals surface area (Å²) >= 11 is 0. The lowest BCUT2D eigenvalue weighted by Crippen LogP contribution is -2.10. The molecule has 0 aromatic heterocycles. The highest BCUT2D eigenvalue weighted by Crippen LogP contribution is 2.03. The van der Waals surface area contributed by atoms with Gasteiger partial charge in [-0.2, -0.15) is 0 Å². The molecule has 0 unspecified atom stereocenters. The van der Waals surface area contributed by atoms with Crippen LogP contribution in [0.2, 0.25) is 0 Å². The van der Waals surface area contributed by atoms with Crippen molar-refractivity contribution in [1.29, 1.82) is 0 Å². The van der Waals surface area contributed by atoms with Gasteiger partial charge in [-0.05, 0) is 6.92 Å². The first-order valence-corrected chi connectivity index (χ1v) is 3.77. The van der Waals surface area contributed by atoms with Crippen molar-refractivity contribution in [2.45, 2.75) is 6.92 Å². The van der Waals surface area contributed by atoms with Crippen LogP contribution < -0.4 is 5.73 Å². The second kappa shape index (κ2) is 3.72. The van der Waals surface area contributed by atoms with Gasteiger partial charge in [0.25, 0.3) is 0 Å². The van der Waals surface area contributed by atoms with Gasteiger partial charge in [-0.3, -0.25) is 4.79 Å². The number of benzene rings is 1. The average Bonchev–Trinajstić information content (AvgIpc) is 2.17. The number of carbonyl (C=O) groups excluding carboxylic acids is 1. The normalized spacial score (nSPS) is 11.2. The standard InChI is InChI=1S/C10H11NO/c1-2-9(11)10(12)8-6-4-3-5-7-8/h2-7H,11H2,1H3/b9-2+. The number of allylic oxidation sites excluding steroid dienone is 2. The predicted octanol–water partition coefficient (Wildman–Crippen LogP) is 1.73. The van der Waals surface area contributed by atoms with E-state index in [1.807, 2.05) is 18.2 Å². The zero-order chi connectivity index (χ0) is 8.97. The average molecular weight is 161 g/mol. The van der Waals surface area contributed by atoms with Gasteiger partial charge in [-0.25, -0.2) is 0 Å². The minimum Gasteiger partial charge on any atom is -0.396 e. The quantitative estimate of drug-likeness (QED) is 0.530. The van der Waals surface area contributed by atoms with Crippen molar-refractivity contribution >= 4 is 5.78 Å². The maximum atomic E-state index is 11.4. The summed E-state index contributed by atoms with van der Waals surface area (Å²) in [6.45, 7) is 1.75. The third-order valence-electron chi connectivity index (χ3n) is 1.61. The number of carbonyl (C=O) groups is 1. The van der Waals surface area contributed by atoms with Crippen molar-refractivity contribution in [2.75, 3.05) is 0 Å². The Labute approximate surface area is 71.7 Å². The molecule has 0 saturated heterocycles. The molecule has 2 heteroatoms. The fourth-order valence-electron chi connectivity index (χ4n) is 0.887. The third kappa shape index (κ3) is 1.72. The number of hydrogen-bond donors (Lipinski definition) is 1. The molecule has 0 heterocycles. The maximum Gasteiger partial charge on any atom is 0.208 e. The van der Waals surface area contributed by atoms with Gasteiger partial charge < -0.3 is 5.73 Å². The molecule has 2 N–H and O–H groups in total. The molecule has 0 aliphatic rings. The van der Waals surface area contributed by atoms with Crippen molar-refractivity contribution < 1.29 is 4.79 Å². The second-order valence-corrected chi connectivity index (χ2v) is 2.44. The summed E-state index contributed by atoms with van der Waals surface area (Å²) in [6, 6.07) is 8.99. The molecule has 0 bridgehead atoms. The molecule has 2 nitrogen and oxygen atoms in total. The molecule has 0 fully saturated rings. The van der Waals surface area contributed by atoms with Crippen LogP contribution in [0.1, 0.15) is 17.3 Å². The van der Waals surface area contributed by atoms with E-state index < -0.39 is 0 Å². The third-order valence-corrected chi connectivity index (χ3v) is 1.61. The van der Waals surface area contributed by atoms with Gasteiger partial charge in [0, 0.05) is 5.56 Å². The molecule has 1 aromatic rings. The summed E-state index contributed by atoms with van der Waals surface area (Å²) in [6.07, 6.45) is 1.61. The predicted molar refractivity (Wildman–Crippen MR) is 48.7 cm³/mol. The number of nitrogens with two attached hydrogens (primary N) is 1. The first kappa shape index (κ1) is 8.53. The van der Waals surface area contributed by atoms with Gasteiger partial charge in [-0.1, -0.05) is 36.4 Å². The fraction of sp³-hybridized carbons (Fsp3) is 0.100. The van der Waals surface area contributed by atoms with Crippen molar-refractivity contribution in [3.63, 3.8) is 0 Å². The number of hydrogen-bond acceptors (Lipinski definition) is 2. The van der Waals surface area contributed by atoms with Gasteiger partial charge in [-0.15, -0.1) is 0 Å². The highest BCUT2D eigenvalue weighted by molar-refractivity contribution is 6.07. The summed E-state index contributed by atoms with van der Waals surface area (Å²) in [5.74, 6) is -0.113. The molecule has 12 heavy (non-hydrogen) atoms. The highest BCUT2D eigenvalue weighted by atomic mass is 16.1. The molecule has 1 rings (SSSR count). The minimum absolute atomic E-state index is 0.113. The maximum absolute atomic E-state index is 11.4. The van der Waals surface area contributed by atoms with E-state index in [0.29, 0.717) is 11.3 Å². The molecular formula is C10H11NO. The van der Waals surface area contributed by atoms with Crippen molar-refractivity contribution in [1.82, 2.24) is 0 Å². The molecule has 0 amide bonds. The van der Waals surface area contributed by atoms with Crippen LogP contribution in [-0.4, -0.2) is 5.78 Å². The van der Waals surface area contributed by atoms with Crippen LogP contribution >= 0.6 is 0 Å². The first-order valence-electron chi connectivity index (χ1n) is 3.77. The largest absolute Gasteiger partial charge is 0.396 e. The molecule has 0 atom stereocenters. The summed E-state index contributed by atoms with van der Waals surface area (Å²) < 4.78 is 0. The summed E-state index contributed by atoms with van der Waals surface area (Å²) in [5.41, 5.74) is 6.39. The summed E-state index contributed by atoms with van der Waals surface area (Å²) in [4.78, 5) is 11.4. The minimum atomic E-state index is -0.113. The van der Waals surface area contributed by atoms with Crippen molar-refractivity contribution in [3.05, 3.63) is 47.7 Å². The molecule has 0 aliphatic heterocycles. The topological polar surface area (TPSA) is 43.1 Å². The highest BCUT2D eigenvalue weighted by Gasteiger charge is 2.05. The number of Topliss-reactive ketones (excluding diaryl/α,β-unsaturated/α-hetero) is 1. The summed E-state index contributed by atoms with van der Waals surface area (Å²) in [5, 5.41) is 0. The Bertz CT molecular complexity index is 301. The molecule has 0 saturated carbocycles. The van der Waals surface area contributed by atoms with E-state index in [-0.39, 0.29) is 5.78 Å². The Morgan fingerprint density at radius 3 is 2.42 bits per heavy atom.